The van der Waals surface area contributed by atoms with Gasteiger partial charge in [-0.2, -0.15) is 0 Å². The molecule has 152 valence electrons. The maximum Gasteiger partial charge on any atom is 0.331 e. The summed E-state index contributed by atoms with van der Waals surface area (Å²) >= 11 is 0. The molecule has 29 heavy (non-hydrogen) atoms. The monoisotopic (exact) mass is 398 g/mol. The first-order valence-corrected chi connectivity index (χ1v) is 9.24. The highest BCUT2D eigenvalue weighted by Gasteiger charge is 2.18. The zero-order chi connectivity index (χ0) is 21.0. The van der Waals surface area contributed by atoms with Gasteiger partial charge in [0.05, 0.1) is 23.7 Å². The normalized spacial score (nSPS) is 11.9. The average Bonchev–Trinajstić information content (AvgIpc) is 3.23. The lowest BCUT2D eigenvalue weighted by Gasteiger charge is -2.16. The molecule has 0 saturated heterocycles. The summed E-state index contributed by atoms with van der Waals surface area (Å²) in [5.74, 6) is -0.304. The lowest BCUT2D eigenvalue weighted by molar-refractivity contribution is -0.129. The van der Waals surface area contributed by atoms with E-state index in [0.29, 0.717) is 16.7 Å². The van der Waals surface area contributed by atoms with Crippen molar-refractivity contribution in [2.75, 3.05) is 0 Å². The van der Waals surface area contributed by atoms with Crippen molar-refractivity contribution < 1.29 is 14.0 Å². The van der Waals surface area contributed by atoms with Crippen molar-refractivity contribution in [3.63, 3.8) is 0 Å². The van der Waals surface area contributed by atoms with Crippen molar-refractivity contribution in [1.29, 1.82) is 0 Å². The van der Waals surface area contributed by atoms with Crippen molar-refractivity contribution in [2.45, 2.75) is 39.5 Å². The molecule has 2 heterocycles. The summed E-state index contributed by atoms with van der Waals surface area (Å²) in [6, 6.07) is 9.25. The van der Waals surface area contributed by atoms with Crippen LogP contribution in [0.3, 0.4) is 0 Å². The molecule has 1 unspecified atom stereocenters. The van der Waals surface area contributed by atoms with Crippen LogP contribution >= 0.6 is 0 Å². The van der Waals surface area contributed by atoms with Crippen LogP contribution < -0.4 is 21.9 Å². The summed E-state index contributed by atoms with van der Waals surface area (Å²) in [6.45, 7) is 3.32. The zero-order valence-electron chi connectivity index (χ0n) is 16.2. The molecule has 1 aromatic carbocycles. The van der Waals surface area contributed by atoms with Crippen LogP contribution in [0.2, 0.25) is 0 Å². The Balaban J connectivity index is 1.75. The summed E-state index contributed by atoms with van der Waals surface area (Å²) in [4.78, 5) is 49.8. The third kappa shape index (κ3) is 4.29. The molecular formula is C20H22N4O5. The number of carbonyl (C=O) groups excluding carboxylic acids is 2. The Hall–Kier alpha value is -3.62. The second-order valence-corrected chi connectivity index (χ2v) is 6.52. The molecule has 2 amide bonds. The molecule has 0 spiro atoms. The van der Waals surface area contributed by atoms with Gasteiger partial charge < -0.3 is 15.1 Å². The van der Waals surface area contributed by atoms with Crippen LogP contribution in [0.4, 0.5) is 0 Å². The van der Waals surface area contributed by atoms with Gasteiger partial charge in [0.25, 0.3) is 5.56 Å². The van der Waals surface area contributed by atoms with E-state index in [2.05, 4.69) is 10.6 Å². The van der Waals surface area contributed by atoms with E-state index in [1.54, 1.807) is 50.2 Å². The van der Waals surface area contributed by atoms with Gasteiger partial charge in [0.15, 0.2) is 0 Å². The number of furan rings is 1. The Kier molecular flexibility index (Phi) is 5.96. The highest BCUT2D eigenvalue weighted by atomic mass is 16.3. The maximum absolute atomic E-state index is 12.7. The number of benzene rings is 1. The molecule has 0 saturated carbocycles. The number of fused-ring (bicyclic) bond motifs is 1. The fraction of sp³-hybridized carbons (Fsp3) is 0.300. The van der Waals surface area contributed by atoms with Gasteiger partial charge in [-0.25, -0.2) is 4.79 Å². The minimum absolute atomic E-state index is 0.190. The first kappa shape index (κ1) is 20.1. The molecule has 1 atom stereocenters. The van der Waals surface area contributed by atoms with Crippen molar-refractivity contribution in [3.05, 3.63) is 69.3 Å². The molecule has 2 aromatic heterocycles. The van der Waals surface area contributed by atoms with E-state index in [4.69, 9.17) is 4.42 Å². The van der Waals surface area contributed by atoms with Crippen LogP contribution in [0.25, 0.3) is 10.9 Å². The van der Waals surface area contributed by atoms with Gasteiger partial charge in [0.1, 0.15) is 18.3 Å². The third-order valence-corrected chi connectivity index (χ3v) is 4.54. The number of nitrogens with one attached hydrogen (secondary N) is 2. The summed E-state index contributed by atoms with van der Waals surface area (Å²) in [7, 11) is 0. The van der Waals surface area contributed by atoms with E-state index in [1.807, 2.05) is 0 Å². The molecule has 0 aliphatic heterocycles. The van der Waals surface area contributed by atoms with Crippen LogP contribution in [0.5, 0.6) is 0 Å². The van der Waals surface area contributed by atoms with E-state index >= 15 is 0 Å². The lowest BCUT2D eigenvalue weighted by atomic mass is 10.2. The smallest absolute Gasteiger partial charge is 0.331 e. The standard InChI is InChI=1S/C20H22N4O5/c1-3-23-19(27)15-8-4-5-9-16(15)24(20(23)28)12-17(25)22-13(2)18(26)21-11-14-7-6-10-29-14/h4-10,13H,3,11-12H2,1-2H3,(H,21,26)(H,22,25). The van der Waals surface area contributed by atoms with E-state index in [0.717, 1.165) is 4.57 Å². The average molecular weight is 398 g/mol. The Labute approximate surface area is 165 Å². The van der Waals surface area contributed by atoms with Gasteiger partial charge in [-0.05, 0) is 38.1 Å². The lowest BCUT2D eigenvalue weighted by Crippen LogP contribution is -2.47. The van der Waals surface area contributed by atoms with Gasteiger partial charge >= 0.3 is 5.69 Å². The number of para-hydroxylation sites is 1. The first-order chi connectivity index (χ1) is 13.9. The fourth-order valence-corrected chi connectivity index (χ4v) is 3.04. The molecule has 9 nitrogen and oxygen atoms in total. The summed E-state index contributed by atoms with van der Waals surface area (Å²) in [6.07, 6.45) is 1.50. The first-order valence-electron chi connectivity index (χ1n) is 9.24. The Morgan fingerprint density at radius 1 is 1.10 bits per heavy atom. The molecule has 0 aliphatic carbocycles. The number of carbonyl (C=O) groups is 2. The second-order valence-electron chi connectivity index (χ2n) is 6.52. The predicted octanol–water partition coefficient (Wildman–Crippen LogP) is 0.597. The van der Waals surface area contributed by atoms with Crippen LogP contribution in [0.15, 0.2) is 56.7 Å². The highest BCUT2D eigenvalue weighted by Crippen LogP contribution is 2.07. The minimum Gasteiger partial charge on any atom is -0.467 e. The fourth-order valence-electron chi connectivity index (χ4n) is 3.04. The van der Waals surface area contributed by atoms with Crippen LogP contribution in [-0.2, 0) is 29.2 Å². The molecule has 0 radical (unpaired) electrons. The van der Waals surface area contributed by atoms with Crippen LogP contribution in [0, 0.1) is 0 Å². The molecule has 3 rings (SSSR count). The molecule has 9 heteroatoms. The van der Waals surface area contributed by atoms with Gasteiger partial charge in [0, 0.05) is 6.54 Å². The number of rotatable bonds is 7. The number of hydrogen-bond acceptors (Lipinski definition) is 5. The molecule has 3 aromatic rings. The van der Waals surface area contributed by atoms with Gasteiger partial charge in [-0.15, -0.1) is 0 Å². The highest BCUT2D eigenvalue weighted by molar-refractivity contribution is 5.88. The summed E-state index contributed by atoms with van der Waals surface area (Å²) in [5.41, 5.74) is -0.589. The van der Waals surface area contributed by atoms with Gasteiger partial charge in [0.2, 0.25) is 11.8 Å². The van der Waals surface area contributed by atoms with Crippen molar-refractivity contribution in [1.82, 2.24) is 19.8 Å². The van der Waals surface area contributed by atoms with E-state index < -0.39 is 23.2 Å². The van der Waals surface area contributed by atoms with Crippen molar-refractivity contribution >= 4 is 22.7 Å². The summed E-state index contributed by atoms with van der Waals surface area (Å²) < 4.78 is 7.46. The maximum atomic E-state index is 12.7. The van der Waals surface area contributed by atoms with E-state index in [-0.39, 0.29) is 25.5 Å². The molecular weight excluding hydrogens is 376 g/mol. The second kappa shape index (κ2) is 8.59. The van der Waals surface area contributed by atoms with Crippen LogP contribution in [0.1, 0.15) is 19.6 Å². The number of hydrogen-bond donors (Lipinski definition) is 2. The molecule has 2 N–H and O–H groups in total. The third-order valence-electron chi connectivity index (χ3n) is 4.54. The zero-order valence-corrected chi connectivity index (χ0v) is 16.2. The predicted molar refractivity (Wildman–Crippen MR) is 106 cm³/mol. The molecule has 0 bridgehead atoms. The van der Waals surface area contributed by atoms with Gasteiger partial charge in [-0.3, -0.25) is 23.5 Å². The quantitative estimate of drug-likeness (QED) is 0.605. The largest absolute Gasteiger partial charge is 0.467 e. The topological polar surface area (TPSA) is 115 Å². The van der Waals surface area contributed by atoms with E-state index in [9.17, 15) is 19.2 Å². The van der Waals surface area contributed by atoms with Crippen molar-refractivity contribution in [3.8, 4) is 0 Å². The number of aromatic nitrogens is 2. The van der Waals surface area contributed by atoms with Crippen molar-refractivity contribution in [2.24, 2.45) is 0 Å². The van der Waals surface area contributed by atoms with Gasteiger partial charge in [-0.1, -0.05) is 12.1 Å². The SMILES string of the molecule is CCn1c(=O)c2ccccc2n(CC(=O)NC(C)C(=O)NCc2ccco2)c1=O. The molecule has 0 fully saturated rings. The Morgan fingerprint density at radius 3 is 2.55 bits per heavy atom. The summed E-state index contributed by atoms with van der Waals surface area (Å²) in [5, 5.41) is 5.59. The molecule has 0 aliphatic rings. The minimum atomic E-state index is -0.809. The van der Waals surface area contributed by atoms with Crippen LogP contribution in [-0.4, -0.2) is 27.0 Å². The number of amides is 2. The van der Waals surface area contributed by atoms with E-state index in [1.165, 1.54) is 10.8 Å². The Morgan fingerprint density at radius 2 is 1.86 bits per heavy atom. The Bertz CT molecular complexity index is 1140. The number of nitrogens with zero attached hydrogens (tertiary/aromatic N) is 2.